The zero-order chi connectivity index (χ0) is 11.1. The molecular formula is C14H22O. The van der Waals surface area contributed by atoms with Crippen molar-refractivity contribution in [1.29, 1.82) is 0 Å². The largest absolute Gasteiger partial charge is 0.377 e. The fourth-order valence-electron chi connectivity index (χ4n) is 1.44. The maximum absolute atomic E-state index is 5.56. The van der Waals surface area contributed by atoms with Crippen molar-refractivity contribution in [3.05, 3.63) is 35.4 Å². The summed E-state index contributed by atoms with van der Waals surface area (Å²) >= 11 is 0. The Morgan fingerprint density at radius 1 is 1.13 bits per heavy atom. The number of rotatable bonds is 6. The molecule has 1 heteroatoms. The molecule has 0 unspecified atom stereocenters. The lowest BCUT2D eigenvalue weighted by atomic mass is 10.0. The number of benzene rings is 1. The van der Waals surface area contributed by atoms with Crippen molar-refractivity contribution >= 4 is 0 Å². The van der Waals surface area contributed by atoms with Gasteiger partial charge in [0.2, 0.25) is 0 Å². The summed E-state index contributed by atoms with van der Waals surface area (Å²) < 4.78 is 5.56. The molecule has 0 aliphatic carbocycles. The maximum atomic E-state index is 5.56. The van der Waals surface area contributed by atoms with E-state index in [1.807, 2.05) is 0 Å². The first-order valence-corrected chi connectivity index (χ1v) is 5.90. The van der Waals surface area contributed by atoms with Gasteiger partial charge in [0, 0.05) is 6.61 Å². The average molecular weight is 206 g/mol. The van der Waals surface area contributed by atoms with Gasteiger partial charge in [-0.3, -0.25) is 0 Å². The van der Waals surface area contributed by atoms with Gasteiger partial charge in [-0.25, -0.2) is 0 Å². The van der Waals surface area contributed by atoms with Crippen LogP contribution in [0.1, 0.15) is 50.7 Å². The van der Waals surface area contributed by atoms with Crippen LogP contribution in [0.4, 0.5) is 0 Å². The van der Waals surface area contributed by atoms with Crippen LogP contribution in [0.3, 0.4) is 0 Å². The summed E-state index contributed by atoms with van der Waals surface area (Å²) in [6.45, 7) is 8.24. The molecule has 0 saturated heterocycles. The monoisotopic (exact) mass is 206 g/mol. The molecule has 0 aliphatic rings. The van der Waals surface area contributed by atoms with Crippen molar-refractivity contribution in [2.45, 2.75) is 46.1 Å². The Morgan fingerprint density at radius 3 is 2.33 bits per heavy atom. The minimum Gasteiger partial charge on any atom is -0.377 e. The van der Waals surface area contributed by atoms with Gasteiger partial charge in [0.1, 0.15) is 0 Å². The van der Waals surface area contributed by atoms with E-state index < -0.39 is 0 Å². The van der Waals surface area contributed by atoms with Crippen LogP contribution < -0.4 is 0 Å². The van der Waals surface area contributed by atoms with Crippen LogP contribution in [0.5, 0.6) is 0 Å². The standard InChI is InChI=1S/C14H22O/c1-4-5-10-15-11-13-6-8-14(9-7-13)12(2)3/h6-9,12H,4-5,10-11H2,1-3H3. The van der Waals surface area contributed by atoms with E-state index in [2.05, 4.69) is 45.0 Å². The summed E-state index contributed by atoms with van der Waals surface area (Å²) in [6, 6.07) is 8.73. The highest BCUT2D eigenvalue weighted by Gasteiger charge is 1.98. The minimum absolute atomic E-state index is 0.611. The molecular weight excluding hydrogens is 184 g/mol. The lowest BCUT2D eigenvalue weighted by molar-refractivity contribution is 0.118. The van der Waals surface area contributed by atoms with E-state index in [9.17, 15) is 0 Å². The Labute approximate surface area is 93.5 Å². The number of hydrogen-bond donors (Lipinski definition) is 0. The summed E-state index contributed by atoms with van der Waals surface area (Å²) in [5, 5.41) is 0. The summed E-state index contributed by atoms with van der Waals surface area (Å²) in [5.74, 6) is 0.611. The fourth-order valence-corrected chi connectivity index (χ4v) is 1.44. The molecule has 0 heterocycles. The average Bonchev–Trinajstić information content (AvgIpc) is 2.25. The summed E-state index contributed by atoms with van der Waals surface area (Å²) in [6.07, 6.45) is 2.36. The maximum Gasteiger partial charge on any atom is 0.0716 e. The van der Waals surface area contributed by atoms with Crippen LogP contribution in [0.2, 0.25) is 0 Å². The molecule has 0 fully saturated rings. The van der Waals surface area contributed by atoms with Crippen molar-refractivity contribution in [3.8, 4) is 0 Å². The molecule has 15 heavy (non-hydrogen) atoms. The molecule has 84 valence electrons. The number of unbranched alkanes of at least 4 members (excludes halogenated alkanes) is 1. The Bertz CT molecular complexity index is 261. The van der Waals surface area contributed by atoms with Gasteiger partial charge in [-0.1, -0.05) is 51.5 Å². The Hall–Kier alpha value is -0.820. The molecule has 0 N–H and O–H groups in total. The highest BCUT2D eigenvalue weighted by atomic mass is 16.5. The van der Waals surface area contributed by atoms with Crippen molar-refractivity contribution in [2.75, 3.05) is 6.61 Å². The first kappa shape index (κ1) is 12.3. The second kappa shape index (κ2) is 6.62. The van der Waals surface area contributed by atoms with E-state index in [0.29, 0.717) is 5.92 Å². The second-order valence-electron chi connectivity index (χ2n) is 4.30. The van der Waals surface area contributed by atoms with Crippen LogP contribution in [0, 0.1) is 0 Å². The molecule has 0 atom stereocenters. The molecule has 0 bridgehead atoms. The summed E-state index contributed by atoms with van der Waals surface area (Å²) in [4.78, 5) is 0. The molecule has 0 radical (unpaired) electrons. The van der Waals surface area contributed by atoms with Crippen LogP contribution in [-0.2, 0) is 11.3 Å². The van der Waals surface area contributed by atoms with E-state index in [0.717, 1.165) is 19.6 Å². The lowest BCUT2D eigenvalue weighted by Gasteiger charge is -2.07. The molecule has 1 aromatic rings. The van der Waals surface area contributed by atoms with Crippen LogP contribution >= 0.6 is 0 Å². The Morgan fingerprint density at radius 2 is 1.80 bits per heavy atom. The summed E-state index contributed by atoms with van der Waals surface area (Å²) in [7, 11) is 0. The number of hydrogen-bond acceptors (Lipinski definition) is 1. The van der Waals surface area contributed by atoms with E-state index in [4.69, 9.17) is 4.74 Å². The van der Waals surface area contributed by atoms with E-state index in [1.54, 1.807) is 0 Å². The van der Waals surface area contributed by atoms with Crippen molar-refractivity contribution in [1.82, 2.24) is 0 Å². The van der Waals surface area contributed by atoms with Gasteiger partial charge < -0.3 is 4.74 Å². The first-order valence-electron chi connectivity index (χ1n) is 5.90. The second-order valence-corrected chi connectivity index (χ2v) is 4.30. The highest BCUT2D eigenvalue weighted by molar-refractivity contribution is 5.24. The third-order valence-electron chi connectivity index (χ3n) is 2.56. The zero-order valence-corrected chi connectivity index (χ0v) is 10.1. The smallest absolute Gasteiger partial charge is 0.0716 e. The topological polar surface area (TPSA) is 9.23 Å². The number of ether oxygens (including phenoxy) is 1. The molecule has 1 aromatic carbocycles. The van der Waals surface area contributed by atoms with Gasteiger partial charge >= 0.3 is 0 Å². The molecule has 0 spiro atoms. The first-order chi connectivity index (χ1) is 7.24. The predicted octanol–water partition coefficient (Wildman–Crippen LogP) is 4.13. The fraction of sp³-hybridized carbons (Fsp3) is 0.571. The van der Waals surface area contributed by atoms with Gasteiger partial charge in [-0.15, -0.1) is 0 Å². The zero-order valence-electron chi connectivity index (χ0n) is 10.1. The van der Waals surface area contributed by atoms with Gasteiger partial charge in [-0.2, -0.15) is 0 Å². The van der Waals surface area contributed by atoms with Crippen molar-refractivity contribution < 1.29 is 4.74 Å². The van der Waals surface area contributed by atoms with Crippen molar-refractivity contribution in [2.24, 2.45) is 0 Å². The van der Waals surface area contributed by atoms with Gasteiger partial charge in [0.05, 0.1) is 6.61 Å². The third kappa shape index (κ3) is 4.48. The molecule has 0 aromatic heterocycles. The van der Waals surface area contributed by atoms with Crippen LogP contribution in [0.25, 0.3) is 0 Å². The van der Waals surface area contributed by atoms with Crippen LogP contribution in [0.15, 0.2) is 24.3 Å². The molecule has 0 aliphatic heterocycles. The molecule has 1 nitrogen and oxygen atoms in total. The normalized spacial score (nSPS) is 10.9. The molecule has 1 rings (SSSR count). The van der Waals surface area contributed by atoms with E-state index in [1.165, 1.54) is 17.5 Å². The molecule has 0 amide bonds. The quantitative estimate of drug-likeness (QED) is 0.636. The van der Waals surface area contributed by atoms with Gasteiger partial charge in [0.25, 0.3) is 0 Å². The predicted molar refractivity (Wildman–Crippen MR) is 65.1 cm³/mol. The molecule has 0 saturated carbocycles. The minimum atomic E-state index is 0.611. The Kier molecular flexibility index (Phi) is 5.41. The SMILES string of the molecule is CCCCOCc1ccc(C(C)C)cc1. The third-order valence-corrected chi connectivity index (χ3v) is 2.56. The summed E-state index contributed by atoms with van der Waals surface area (Å²) in [5.41, 5.74) is 2.67. The van der Waals surface area contributed by atoms with Crippen molar-refractivity contribution in [3.63, 3.8) is 0 Å². The highest BCUT2D eigenvalue weighted by Crippen LogP contribution is 2.15. The van der Waals surface area contributed by atoms with Gasteiger partial charge in [-0.05, 0) is 23.5 Å². The van der Waals surface area contributed by atoms with E-state index >= 15 is 0 Å². The van der Waals surface area contributed by atoms with Crippen LogP contribution in [-0.4, -0.2) is 6.61 Å². The lowest BCUT2D eigenvalue weighted by Crippen LogP contribution is -1.95. The Balaban J connectivity index is 2.36. The van der Waals surface area contributed by atoms with E-state index in [-0.39, 0.29) is 0 Å². The van der Waals surface area contributed by atoms with Gasteiger partial charge in [0.15, 0.2) is 0 Å².